The van der Waals surface area contributed by atoms with Gasteiger partial charge in [-0.2, -0.15) is 0 Å². The first-order valence-electron chi connectivity index (χ1n) is 10.5. The Morgan fingerprint density at radius 2 is 1.59 bits per heavy atom. The number of carbonyl (C=O) groups excluding carboxylic acids is 2. The van der Waals surface area contributed by atoms with Crippen molar-refractivity contribution in [3.05, 3.63) is 124 Å². The molecule has 7 heteroatoms. The summed E-state index contributed by atoms with van der Waals surface area (Å²) in [5, 5.41) is 14.8. The van der Waals surface area contributed by atoms with E-state index in [9.17, 15) is 19.5 Å². The van der Waals surface area contributed by atoms with Crippen molar-refractivity contribution in [2.45, 2.75) is 12.5 Å². The molecule has 34 heavy (non-hydrogen) atoms. The lowest BCUT2D eigenvalue weighted by molar-refractivity contribution is -0.141. The number of carbonyl (C=O) groups is 3. The molecule has 0 aromatic heterocycles. The number of amides is 2. The number of carboxylic acid groups (broad SMARTS) is 1. The average Bonchev–Trinajstić information content (AvgIpc) is 2.84. The maximum Gasteiger partial charge on any atom is 0.326 e. The van der Waals surface area contributed by atoms with Gasteiger partial charge in [-0.1, -0.05) is 94.8 Å². The van der Waals surface area contributed by atoms with Gasteiger partial charge in [0.15, 0.2) is 0 Å². The van der Waals surface area contributed by atoms with Crippen LogP contribution in [0.5, 0.6) is 0 Å². The lowest BCUT2D eigenvalue weighted by atomic mass is 10.1. The molecule has 3 rings (SSSR count). The summed E-state index contributed by atoms with van der Waals surface area (Å²) in [6.45, 7) is 0. The van der Waals surface area contributed by atoms with E-state index in [1.807, 2.05) is 36.4 Å². The van der Waals surface area contributed by atoms with Crippen LogP contribution in [0.4, 0.5) is 0 Å². The minimum atomic E-state index is -1.17. The largest absolute Gasteiger partial charge is 0.480 e. The van der Waals surface area contributed by atoms with Crippen molar-refractivity contribution in [2.75, 3.05) is 0 Å². The molecule has 1 atom stereocenters. The summed E-state index contributed by atoms with van der Waals surface area (Å²) in [4.78, 5) is 37.6. The average molecular weight is 519 g/mol. The molecule has 6 nitrogen and oxygen atoms in total. The van der Waals surface area contributed by atoms with Gasteiger partial charge in [0, 0.05) is 16.5 Å². The molecule has 0 aliphatic rings. The second kappa shape index (κ2) is 12.3. The summed E-state index contributed by atoms with van der Waals surface area (Å²) in [5.74, 6) is -2.37. The molecular weight excluding hydrogens is 496 g/mol. The van der Waals surface area contributed by atoms with Crippen LogP contribution >= 0.6 is 15.9 Å². The minimum absolute atomic E-state index is 0.0727. The van der Waals surface area contributed by atoms with E-state index >= 15 is 0 Å². The van der Waals surface area contributed by atoms with Crippen molar-refractivity contribution < 1.29 is 19.5 Å². The van der Waals surface area contributed by atoms with Crippen LogP contribution in [0.3, 0.4) is 0 Å². The number of hydrogen-bond acceptors (Lipinski definition) is 3. The quantitative estimate of drug-likeness (QED) is 0.285. The van der Waals surface area contributed by atoms with Gasteiger partial charge in [-0.05, 0) is 35.4 Å². The Bertz CT molecular complexity index is 1210. The third-order valence-electron chi connectivity index (χ3n) is 4.82. The molecule has 0 aliphatic carbocycles. The highest BCUT2D eigenvalue weighted by Gasteiger charge is 2.23. The van der Waals surface area contributed by atoms with Crippen LogP contribution in [-0.4, -0.2) is 28.9 Å². The van der Waals surface area contributed by atoms with Gasteiger partial charge in [0.1, 0.15) is 11.7 Å². The zero-order chi connectivity index (χ0) is 24.3. The molecule has 0 unspecified atom stereocenters. The predicted octanol–water partition coefficient (Wildman–Crippen LogP) is 4.59. The SMILES string of the molecule is O=C(N[C@H](Cc1ccccc1)C(=O)O)/C(=C/C=C\c1ccccc1)NC(=O)c1cccc(Br)c1. The Hall–Kier alpha value is -3.97. The Balaban J connectivity index is 1.82. The Kier molecular flexibility index (Phi) is 8.94. The van der Waals surface area contributed by atoms with E-state index in [-0.39, 0.29) is 12.1 Å². The molecule has 172 valence electrons. The van der Waals surface area contributed by atoms with Crippen LogP contribution in [0.25, 0.3) is 6.08 Å². The standard InChI is InChI=1S/C27H23BrN2O4/c28-22-15-8-14-21(18-22)25(31)29-23(16-7-13-19-9-3-1-4-10-19)26(32)30-24(27(33)34)17-20-11-5-2-6-12-20/h1-16,18,24H,17H2,(H,29,31)(H,30,32)(H,33,34)/b13-7-,23-16-/t24-/m1/s1. The fourth-order valence-electron chi connectivity index (χ4n) is 3.10. The van der Waals surface area contributed by atoms with Crippen molar-refractivity contribution in [1.29, 1.82) is 0 Å². The highest BCUT2D eigenvalue weighted by Crippen LogP contribution is 2.12. The summed E-state index contributed by atoms with van der Waals surface area (Å²) in [6.07, 6.45) is 4.95. The predicted molar refractivity (Wildman–Crippen MR) is 135 cm³/mol. The van der Waals surface area contributed by atoms with Gasteiger partial charge in [0.2, 0.25) is 0 Å². The third kappa shape index (κ3) is 7.56. The number of aliphatic carboxylic acids is 1. The minimum Gasteiger partial charge on any atom is -0.480 e. The fourth-order valence-corrected chi connectivity index (χ4v) is 3.50. The Labute approximate surface area is 206 Å². The number of carboxylic acids is 1. The van der Waals surface area contributed by atoms with Gasteiger partial charge in [-0.15, -0.1) is 0 Å². The highest BCUT2D eigenvalue weighted by molar-refractivity contribution is 9.10. The zero-order valence-corrected chi connectivity index (χ0v) is 19.7. The maximum atomic E-state index is 13.0. The smallest absolute Gasteiger partial charge is 0.326 e. The second-order valence-corrected chi connectivity index (χ2v) is 8.28. The number of halogens is 1. The topological polar surface area (TPSA) is 95.5 Å². The van der Waals surface area contributed by atoms with Crippen LogP contribution in [0.1, 0.15) is 21.5 Å². The maximum absolute atomic E-state index is 13.0. The molecule has 0 bridgehead atoms. The number of rotatable bonds is 9. The fraction of sp³-hybridized carbons (Fsp3) is 0.0741. The molecule has 0 saturated heterocycles. The first-order chi connectivity index (χ1) is 16.4. The number of hydrogen-bond donors (Lipinski definition) is 3. The molecule has 3 aromatic carbocycles. The van der Waals surface area contributed by atoms with Gasteiger partial charge in [0.25, 0.3) is 11.8 Å². The van der Waals surface area contributed by atoms with E-state index in [1.165, 1.54) is 6.08 Å². The van der Waals surface area contributed by atoms with Gasteiger partial charge in [0.05, 0.1) is 0 Å². The highest BCUT2D eigenvalue weighted by atomic mass is 79.9. The van der Waals surface area contributed by atoms with E-state index in [0.29, 0.717) is 10.0 Å². The summed E-state index contributed by atoms with van der Waals surface area (Å²) in [7, 11) is 0. The molecule has 0 aliphatic heterocycles. The van der Waals surface area contributed by atoms with Crippen molar-refractivity contribution in [1.82, 2.24) is 10.6 Å². The van der Waals surface area contributed by atoms with Crippen LogP contribution in [0, 0.1) is 0 Å². The van der Waals surface area contributed by atoms with Crippen molar-refractivity contribution in [3.63, 3.8) is 0 Å². The van der Waals surface area contributed by atoms with Crippen molar-refractivity contribution >= 4 is 39.8 Å². The monoisotopic (exact) mass is 518 g/mol. The molecular formula is C27H23BrN2O4. The lowest BCUT2D eigenvalue weighted by Gasteiger charge is -2.16. The second-order valence-electron chi connectivity index (χ2n) is 7.37. The summed E-state index contributed by atoms with van der Waals surface area (Å²) >= 11 is 3.32. The van der Waals surface area contributed by atoms with E-state index in [4.69, 9.17) is 0 Å². The van der Waals surface area contributed by atoms with Gasteiger partial charge in [-0.3, -0.25) is 9.59 Å². The van der Waals surface area contributed by atoms with Crippen molar-refractivity contribution in [3.8, 4) is 0 Å². The van der Waals surface area contributed by atoms with Crippen molar-refractivity contribution in [2.24, 2.45) is 0 Å². The van der Waals surface area contributed by atoms with Gasteiger partial charge in [-0.25, -0.2) is 4.79 Å². The normalized spacial score (nSPS) is 12.2. The van der Waals surface area contributed by atoms with E-state index in [1.54, 1.807) is 60.7 Å². The molecule has 3 aromatic rings. The Morgan fingerprint density at radius 3 is 2.24 bits per heavy atom. The van der Waals surface area contributed by atoms with Crippen LogP contribution in [-0.2, 0) is 16.0 Å². The Morgan fingerprint density at radius 1 is 0.912 bits per heavy atom. The first kappa shape index (κ1) is 24.7. The van der Waals surface area contributed by atoms with Crippen LogP contribution in [0.15, 0.2) is 107 Å². The number of benzene rings is 3. The lowest BCUT2D eigenvalue weighted by Crippen LogP contribution is -2.45. The molecule has 0 radical (unpaired) electrons. The van der Waals surface area contributed by atoms with E-state index in [0.717, 1.165) is 11.1 Å². The molecule has 0 heterocycles. The molecule has 0 spiro atoms. The summed E-state index contributed by atoms with van der Waals surface area (Å²) < 4.78 is 0.716. The molecule has 0 saturated carbocycles. The van der Waals surface area contributed by atoms with Gasteiger partial charge < -0.3 is 15.7 Å². The van der Waals surface area contributed by atoms with Gasteiger partial charge >= 0.3 is 5.97 Å². The zero-order valence-electron chi connectivity index (χ0n) is 18.1. The molecule has 0 fully saturated rings. The molecule has 2 amide bonds. The third-order valence-corrected chi connectivity index (χ3v) is 5.31. The van der Waals surface area contributed by atoms with E-state index < -0.39 is 23.8 Å². The van der Waals surface area contributed by atoms with Crippen LogP contribution < -0.4 is 10.6 Å². The number of allylic oxidation sites excluding steroid dienone is 2. The summed E-state index contributed by atoms with van der Waals surface area (Å²) in [5.41, 5.74) is 1.95. The van der Waals surface area contributed by atoms with Crippen LogP contribution in [0.2, 0.25) is 0 Å². The molecule has 3 N–H and O–H groups in total. The summed E-state index contributed by atoms with van der Waals surface area (Å²) in [6, 6.07) is 24.0. The first-order valence-corrected chi connectivity index (χ1v) is 11.3. The number of nitrogens with one attached hydrogen (secondary N) is 2. The van der Waals surface area contributed by atoms with E-state index in [2.05, 4.69) is 26.6 Å².